The number of hydrogen-bond acceptors (Lipinski definition) is 2. The number of hydrogen-bond donors (Lipinski definition) is 2. The van der Waals surface area contributed by atoms with Crippen molar-refractivity contribution in [2.75, 3.05) is 36.4 Å². The zero-order valence-electron chi connectivity index (χ0n) is 17.8. The summed E-state index contributed by atoms with van der Waals surface area (Å²) in [5, 5.41) is 2.92. The molecule has 0 atom stereocenters. The Morgan fingerprint density at radius 2 is 1.41 bits per heavy atom. The van der Waals surface area contributed by atoms with Gasteiger partial charge < -0.3 is 15.1 Å². The first-order valence-corrected chi connectivity index (χ1v) is 10.9. The maximum absolute atomic E-state index is 13.9. The van der Waals surface area contributed by atoms with Crippen molar-refractivity contribution in [3.8, 4) is 0 Å². The molecule has 1 aliphatic rings. The van der Waals surface area contributed by atoms with E-state index in [0.717, 1.165) is 49.0 Å². The zero-order valence-corrected chi connectivity index (χ0v) is 18.5. The minimum atomic E-state index is -2.32. The van der Waals surface area contributed by atoms with Gasteiger partial charge in [0.05, 0.1) is 26.2 Å². The topological polar surface area (TPSA) is 36.8 Å². The summed E-state index contributed by atoms with van der Waals surface area (Å²) in [5.41, 5.74) is 0.603. The lowest BCUT2D eigenvalue weighted by molar-refractivity contribution is -0.914. The van der Waals surface area contributed by atoms with E-state index in [1.165, 1.54) is 17.0 Å². The molecule has 0 radical (unpaired) electrons. The Morgan fingerprint density at radius 3 is 2.00 bits per heavy atom. The predicted molar refractivity (Wildman–Crippen MR) is 119 cm³/mol. The van der Waals surface area contributed by atoms with Gasteiger partial charge in [-0.3, -0.25) is 4.79 Å². The van der Waals surface area contributed by atoms with Gasteiger partial charge in [0, 0.05) is 22.0 Å². The fourth-order valence-electron chi connectivity index (χ4n) is 3.92. The monoisotopic (exact) mass is 496 g/mol. The molecular formula is C24H20ClF5N3O+. The van der Waals surface area contributed by atoms with E-state index in [0.29, 0.717) is 0 Å². The summed E-state index contributed by atoms with van der Waals surface area (Å²) < 4.78 is 67.7. The molecule has 0 spiro atoms. The minimum Gasteiger partial charge on any atom is -0.360 e. The third-order valence-electron chi connectivity index (χ3n) is 5.80. The smallest absolute Gasteiger partial charge is 0.261 e. The van der Waals surface area contributed by atoms with Crippen molar-refractivity contribution in [1.29, 1.82) is 0 Å². The molecule has 178 valence electrons. The maximum Gasteiger partial charge on any atom is 0.261 e. The fourth-order valence-corrected chi connectivity index (χ4v) is 4.13. The summed E-state index contributed by atoms with van der Waals surface area (Å²) in [4.78, 5) is 15.8. The first-order chi connectivity index (χ1) is 16.3. The van der Waals surface area contributed by atoms with Crippen molar-refractivity contribution < 1.29 is 31.6 Å². The lowest BCUT2D eigenvalue weighted by atomic mass is 10.1. The van der Waals surface area contributed by atoms with Gasteiger partial charge in [-0.1, -0.05) is 29.8 Å². The Kier molecular flexibility index (Phi) is 7.04. The van der Waals surface area contributed by atoms with Crippen LogP contribution in [0.5, 0.6) is 0 Å². The molecule has 0 unspecified atom stereocenters. The quantitative estimate of drug-likeness (QED) is 0.316. The predicted octanol–water partition coefficient (Wildman–Crippen LogP) is 4.19. The Morgan fingerprint density at radius 1 is 0.853 bits per heavy atom. The molecule has 1 saturated heterocycles. The molecule has 34 heavy (non-hydrogen) atoms. The third-order valence-corrected chi connectivity index (χ3v) is 6.16. The second kappa shape index (κ2) is 9.99. The van der Waals surface area contributed by atoms with E-state index < -0.39 is 40.6 Å². The lowest BCUT2D eigenvalue weighted by Gasteiger charge is -2.34. The summed E-state index contributed by atoms with van der Waals surface area (Å²) in [6, 6.07) is 14.2. The van der Waals surface area contributed by atoms with E-state index in [1.807, 2.05) is 24.3 Å². The van der Waals surface area contributed by atoms with Crippen molar-refractivity contribution in [3.05, 3.63) is 93.8 Å². The van der Waals surface area contributed by atoms with Gasteiger partial charge in [-0.25, -0.2) is 22.0 Å². The van der Waals surface area contributed by atoms with Gasteiger partial charge in [-0.15, -0.1) is 0 Å². The van der Waals surface area contributed by atoms with Crippen LogP contribution in [-0.4, -0.2) is 32.1 Å². The molecule has 3 aromatic rings. The molecule has 1 heterocycles. The molecule has 0 saturated carbocycles. The largest absolute Gasteiger partial charge is 0.360 e. The van der Waals surface area contributed by atoms with E-state index in [-0.39, 0.29) is 5.69 Å². The summed E-state index contributed by atoms with van der Waals surface area (Å²) in [6.45, 7) is 4.19. The van der Waals surface area contributed by atoms with E-state index in [2.05, 4.69) is 10.2 Å². The van der Waals surface area contributed by atoms with Crippen LogP contribution in [0.1, 0.15) is 15.9 Å². The van der Waals surface area contributed by atoms with Crippen molar-refractivity contribution in [2.24, 2.45) is 0 Å². The number of nitrogens with one attached hydrogen (secondary N) is 2. The Balaban J connectivity index is 1.38. The van der Waals surface area contributed by atoms with Crippen LogP contribution in [0.4, 0.5) is 33.3 Å². The highest BCUT2D eigenvalue weighted by atomic mass is 35.5. The van der Waals surface area contributed by atoms with Crippen LogP contribution in [0.25, 0.3) is 0 Å². The zero-order chi connectivity index (χ0) is 24.4. The van der Waals surface area contributed by atoms with Gasteiger partial charge in [0.2, 0.25) is 5.82 Å². The molecule has 10 heteroatoms. The normalized spacial score (nSPS) is 14.4. The van der Waals surface area contributed by atoms with E-state index >= 15 is 0 Å². The summed E-state index contributed by atoms with van der Waals surface area (Å²) >= 11 is 6.25. The standard InChI is InChI=1S/C24H19ClF5N3O/c25-17-4-2-1-3-14(17)13-32-9-11-33(12-10-32)16-7-5-15(6-8-16)31-24(34)18-19(26)21(28)23(30)22(29)20(18)27/h1-8H,9-13H2,(H,31,34)/p+1. The number of quaternary nitrogens is 1. The van der Waals surface area contributed by atoms with Crippen LogP contribution >= 0.6 is 11.6 Å². The van der Waals surface area contributed by atoms with Crippen LogP contribution in [-0.2, 0) is 6.54 Å². The number of anilines is 2. The average molecular weight is 497 g/mol. The summed E-state index contributed by atoms with van der Waals surface area (Å²) in [5.74, 6) is -12.4. The number of halogens is 6. The van der Waals surface area contributed by atoms with Gasteiger partial charge in [-0.2, -0.15) is 0 Å². The highest BCUT2D eigenvalue weighted by Gasteiger charge is 2.30. The number of benzene rings is 3. The molecule has 4 nitrogen and oxygen atoms in total. The highest BCUT2D eigenvalue weighted by Crippen LogP contribution is 2.25. The summed E-state index contributed by atoms with van der Waals surface area (Å²) in [7, 11) is 0. The number of carbonyl (C=O) groups excluding carboxylic acids is 1. The van der Waals surface area contributed by atoms with Crippen molar-refractivity contribution >= 4 is 28.9 Å². The van der Waals surface area contributed by atoms with Crippen LogP contribution in [0.3, 0.4) is 0 Å². The van der Waals surface area contributed by atoms with Crippen molar-refractivity contribution in [3.63, 3.8) is 0 Å². The Labute approximate surface area is 197 Å². The first kappa shape index (κ1) is 24.0. The molecule has 1 fully saturated rings. The van der Waals surface area contributed by atoms with Gasteiger partial charge >= 0.3 is 0 Å². The molecule has 4 rings (SSSR count). The van der Waals surface area contributed by atoms with Crippen LogP contribution in [0.2, 0.25) is 5.02 Å². The van der Waals surface area contributed by atoms with Crippen LogP contribution in [0, 0.1) is 29.1 Å². The fraction of sp³-hybridized carbons (Fsp3) is 0.208. The molecule has 0 aromatic heterocycles. The molecule has 1 aliphatic heterocycles. The van der Waals surface area contributed by atoms with E-state index in [4.69, 9.17) is 11.6 Å². The first-order valence-electron chi connectivity index (χ1n) is 10.5. The van der Waals surface area contributed by atoms with Gasteiger partial charge in [0.1, 0.15) is 12.1 Å². The number of carbonyl (C=O) groups is 1. The molecule has 0 aliphatic carbocycles. The minimum absolute atomic E-state index is 0.153. The molecule has 2 N–H and O–H groups in total. The van der Waals surface area contributed by atoms with Crippen LogP contribution < -0.4 is 15.1 Å². The summed E-state index contributed by atoms with van der Waals surface area (Å²) in [6.07, 6.45) is 0. The number of nitrogens with zero attached hydrogens (tertiary/aromatic N) is 1. The molecule has 1 amide bonds. The lowest BCUT2D eigenvalue weighted by Crippen LogP contribution is -3.13. The third kappa shape index (κ3) is 4.85. The highest BCUT2D eigenvalue weighted by molar-refractivity contribution is 6.31. The second-order valence-corrected chi connectivity index (χ2v) is 8.36. The van der Waals surface area contributed by atoms with Gasteiger partial charge in [0.25, 0.3) is 5.91 Å². The van der Waals surface area contributed by atoms with E-state index in [1.54, 1.807) is 12.1 Å². The molecule has 3 aromatic carbocycles. The van der Waals surface area contributed by atoms with E-state index in [9.17, 15) is 26.7 Å². The maximum atomic E-state index is 13.9. The van der Waals surface area contributed by atoms with Crippen molar-refractivity contribution in [1.82, 2.24) is 0 Å². The van der Waals surface area contributed by atoms with Crippen molar-refractivity contribution in [2.45, 2.75) is 6.54 Å². The Bertz CT molecular complexity index is 1180. The van der Waals surface area contributed by atoms with Gasteiger partial charge in [-0.05, 0) is 30.3 Å². The van der Waals surface area contributed by atoms with Gasteiger partial charge in [0.15, 0.2) is 23.3 Å². The average Bonchev–Trinajstić information content (AvgIpc) is 2.84. The Hall–Kier alpha value is -3.17. The molecule has 0 bridgehead atoms. The SMILES string of the molecule is O=C(Nc1ccc(N2CC[NH+](Cc3ccccc3Cl)CC2)cc1)c1c(F)c(F)c(F)c(F)c1F. The number of amides is 1. The van der Waals surface area contributed by atoms with Crippen LogP contribution in [0.15, 0.2) is 48.5 Å². The number of piperazine rings is 1. The molecular weight excluding hydrogens is 477 g/mol. The number of rotatable bonds is 5. The second-order valence-electron chi connectivity index (χ2n) is 7.95.